The number of aryl methyl sites for hydroxylation is 1. The number of fused-ring (bicyclic) bond motifs is 2. The molecule has 0 aliphatic rings. The Labute approximate surface area is 164 Å². The van der Waals surface area contributed by atoms with E-state index in [4.69, 9.17) is 17.3 Å². The van der Waals surface area contributed by atoms with E-state index in [1.165, 1.54) is 32.3 Å². The van der Waals surface area contributed by atoms with E-state index >= 15 is 0 Å². The van der Waals surface area contributed by atoms with Crippen molar-refractivity contribution >= 4 is 59.9 Å². The van der Waals surface area contributed by atoms with Crippen LogP contribution in [-0.2, 0) is 6.42 Å². The number of unbranched alkanes of at least 4 members (excludes halogenated alkanes) is 1. The minimum Gasteiger partial charge on any atom is -0.353 e. The standard InChI is InChI=1S/C20H18BrClN2S/c21-17-10-12(22)9-15-14(6-3-4-8-23)19(24-20(15)17)16-11-25-18-7-2-1-5-13(16)18/h1-2,5,7,9-11,24H,3-4,6,8,23H2. The molecule has 0 unspecified atom stereocenters. The highest BCUT2D eigenvalue weighted by Crippen LogP contribution is 2.41. The molecule has 5 heteroatoms. The van der Waals surface area contributed by atoms with Gasteiger partial charge in [-0.1, -0.05) is 29.8 Å². The second-order valence-electron chi connectivity index (χ2n) is 6.18. The van der Waals surface area contributed by atoms with E-state index in [0.29, 0.717) is 0 Å². The van der Waals surface area contributed by atoms with Gasteiger partial charge in [0.15, 0.2) is 0 Å². The molecule has 3 N–H and O–H groups in total. The van der Waals surface area contributed by atoms with Crippen molar-refractivity contribution in [1.29, 1.82) is 0 Å². The highest BCUT2D eigenvalue weighted by atomic mass is 79.9. The molecule has 2 aromatic carbocycles. The van der Waals surface area contributed by atoms with Crippen molar-refractivity contribution in [2.45, 2.75) is 19.3 Å². The summed E-state index contributed by atoms with van der Waals surface area (Å²) in [4.78, 5) is 3.65. The third kappa shape index (κ3) is 3.13. The molecule has 4 aromatic rings. The number of nitrogens with one attached hydrogen (secondary N) is 1. The predicted molar refractivity (Wildman–Crippen MR) is 114 cm³/mol. The molecular formula is C20H18BrClN2S. The van der Waals surface area contributed by atoms with Crippen LogP contribution >= 0.6 is 38.9 Å². The number of aromatic amines is 1. The molecule has 2 nitrogen and oxygen atoms in total. The van der Waals surface area contributed by atoms with Gasteiger partial charge in [0, 0.05) is 35.9 Å². The van der Waals surface area contributed by atoms with Crippen molar-refractivity contribution in [3.63, 3.8) is 0 Å². The van der Waals surface area contributed by atoms with Crippen LogP contribution in [0.4, 0.5) is 0 Å². The average molecular weight is 434 g/mol. The summed E-state index contributed by atoms with van der Waals surface area (Å²) in [6.07, 6.45) is 3.09. The summed E-state index contributed by atoms with van der Waals surface area (Å²) in [7, 11) is 0. The molecular weight excluding hydrogens is 416 g/mol. The molecule has 128 valence electrons. The molecule has 0 saturated heterocycles. The number of hydrogen-bond acceptors (Lipinski definition) is 2. The number of nitrogens with two attached hydrogens (primary N) is 1. The van der Waals surface area contributed by atoms with E-state index < -0.39 is 0 Å². The van der Waals surface area contributed by atoms with Crippen molar-refractivity contribution in [3.8, 4) is 11.3 Å². The summed E-state index contributed by atoms with van der Waals surface area (Å²) < 4.78 is 2.31. The van der Waals surface area contributed by atoms with Crippen molar-refractivity contribution < 1.29 is 0 Å². The Bertz CT molecular complexity index is 1050. The Morgan fingerprint density at radius 3 is 2.80 bits per heavy atom. The molecule has 0 amide bonds. The largest absolute Gasteiger partial charge is 0.353 e. The SMILES string of the molecule is NCCCCc1c(-c2csc3ccccc23)[nH]c2c(Br)cc(Cl)cc12. The molecule has 2 aromatic heterocycles. The van der Waals surface area contributed by atoms with Gasteiger partial charge in [-0.25, -0.2) is 0 Å². The fourth-order valence-electron chi connectivity index (χ4n) is 3.38. The lowest BCUT2D eigenvalue weighted by Gasteiger charge is -2.05. The van der Waals surface area contributed by atoms with Gasteiger partial charge < -0.3 is 10.7 Å². The van der Waals surface area contributed by atoms with Crippen molar-refractivity contribution in [1.82, 2.24) is 4.98 Å². The lowest BCUT2D eigenvalue weighted by molar-refractivity contribution is 0.748. The van der Waals surface area contributed by atoms with E-state index in [1.807, 2.05) is 6.07 Å². The van der Waals surface area contributed by atoms with Crippen LogP contribution in [-0.4, -0.2) is 11.5 Å². The first-order valence-corrected chi connectivity index (χ1v) is 10.4. The maximum atomic E-state index is 6.32. The topological polar surface area (TPSA) is 41.8 Å². The first-order valence-electron chi connectivity index (χ1n) is 8.35. The lowest BCUT2D eigenvalue weighted by Crippen LogP contribution is -1.99. The van der Waals surface area contributed by atoms with Crippen LogP contribution in [0.2, 0.25) is 5.02 Å². The summed E-state index contributed by atoms with van der Waals surface area (Å²) in [6.45, 7) is 0.726. The van der Waals surface area contributed by atoms with Crippen molar-refractivity contribution in [2.75, 3.05) is 6.54 Å². The maximum Gasteiger partial charge on any atom is 0.0607 e. The smallest absolute Gasteiger partial charge is 0.0607 e. The van der Waals surface area contributed by atoms with Crippen LogP contribution in [0.25, 0.3) is 32.2 Å². The van der Waals surface area contributed by atoms with Gasteiger partial charge in [-0.3, -0.25) is 0 Å². The molecule has 0 bridgehead atoms. The second-order valence-corrected chi connectivity index (χ2v) is 8.38. The summed E-state index contributed by atoms with van der Waals surface area (Å²) >= 11 is 11.8. The molecule has 0 aliphatic heterocycles. The predicted octanol–water partition coefficient (Wildman–Crippen LogP) is 6.75. The zero-order chi connectivity index (χ0) is 17.4. The fourth-order valence-corrected chi connectivity index (χ4v) is 5.24. The van der Waals surface area contributed by atoms with Gasteiger partial charge in [0.05, 0.1) is 11.2 Å². The van der Waals surface area contributed by atoms with Crippen molar-refractivity contribution in [3.05, 3.63) is 56.8 Å². The first-order chi connectivity index (χ1) is 12.2. The first kappa shape index (κ1) is 17.1. The van der Waals surface area contributed by atoms with Gasteiger partial charge in [0.2, 0.25) is 0 Å². The van der Waals surface area contributed by atoms with Gasteiger partial charge >= 0.3 is 0 Å². The maximum absolute atomic E-state index is 6.32. The fraction of sp³-hybridized carbons (Fsp3) is 0.200. The number of aromatic nitrogens is 1. The quantitative estimate of drug-likeness (QED) is 0.336. The zero-order valence-electron chi connectivity index (χ0n) is 13.6. The van der Waals surface area contributed by atoms with Crippen molar-refractivity contribution in [2.24, 2.45) is 5.73 Å². The molecule has 4 rings (SSSR count). The number of rotatable bonds is 5. The molecule has 0 spiro atoms. The minimum atomic E-state index is 0.726. The summed E-state index contributed by atoms with van der Waals surface area (Å²) in [5, 5.41) is 5.49. The molecule has 25 heavy (non-hydrogen) atoms. The number of thiophene rings is 1. The van der Waals surface area contributed by atoms with Gasteiger partial charge in [0.1, 0.15) is 0 Å². The third-order valence-corrected chi connectivity index (χ3v) is 6.37. The van der Waals surface area contributed by atoms with E-state index in [0.717, 1.165) is 40.8 Å². The Morgan fingerprint density at radius 1 is 1.12 bits per heavy atom. The van der Waals surface area contributed by atoms with Crippen LogP contribution in [0.15, 0.2) is 46.3 Å². The highest BCUT2D eigenvalue weighted by Gasteiger charge is 2.18. The van der Waals surface area contributed by atoms with Gasteiger partial charge in [-0.15, -0.1) is 11.3 Å². The molecule has 2 heterocycles. The monoisotopic (exact) mass is 432 g/mol. The number of H-pyrrole nitrogens is 1. The molecule has 0 fully saturated rings. The normalized spacial score (nSPS) is 11.6. The molecule has 0 aliphatic carbocycles. The van der Waals surface area contributed by atoms with Crippen LogP contribution < -0.4 is 5.73 Å². The number of hydrogen-bond donors (Lipinski definition) is 2. The van der Waals surface area contributed by atoms with E-state index in [9.17, 15) is 0 Å². The lowest BCUT2D eigenvalue weighted by atomic mass is 10.00. The van der Waals surface area contributed by atoms with E-state index in [-0.39, 0.29) is 0 Å². The Morgan fingerprint density at radius 2 is 1.96 bits per heavy atom. The molecule has 0 saturated carbocycles. The zero-order valence-corrected chi connectivity index (χ0v) is 16.8. The Hall–Kier alpha value is -1.33. The summed E-state index contributed by atoms with van der Waals surface area (Å²) in [6, 6.07) is 12.6. The summed E-state index contributed by atoms with van der Waals surface area (Å²) in [5.41, 5.74) is 10.6. The van der Waals surface area contributed by atoms with E-state index in [2.05, 4.69) is 56.6 Å². The second kappa shape index (κ2) is 7.12. The Kier molecular flexibility index (Phi) is 4.87. The van der Waals surface area contributed by atoms with Crippen LogP contribution in [0, 0.1) is 0 Å². The Balaban J connectivity index is 1.95. The van der Waals surface area contributed by atoms with Crippen LogP contribution in [0.5, 0.6) is 0 Å². The molecule has 0 atom stereocenters. The minimum absolute atomic E-state index is 0.726. The highest BCUT2D eigenvalue weighted by molar-refractivity contribution is 9.10. The average Bonchev–Trinajstić information content (AvgIpc) is 3.17. The number of halogens is 2. The third-order valence-electron chi connectivity index (χ3n) is 4.56. The van der Waals surface area contributed by atoms with E-state index in [1.54, 1.807) is 11.3 Å². The molecule has 0 radical (unpaired) electrons. The summed E-state index contributed by atoms with van der Waals surface area (Å²) in [5.74, 6) is 0. The van der Waals surface area contributed by atoms with Crippen LogP contribution in [0.1, 0.15) is 18.4 Å². The van der Waals surface area contributed by atoms with Gasteiger partial charge in [-0.05, 0) is 65.5 Å². The van der Waals surface area contributed by atoms with Gasteiger partial charge in [0.25, 0.3) is 0 Å². The number of benzene rings is 2. The van der Waals surface area contributed by atoms with Crippen LogP contribution in [0.3, 0.4) is 0 Å². The van der Waals surface area contributed by atoms with Gasteiger partial charge in [-0.2, -0.15) is 0 Å².